The number of nitrogens with two attached hydrogens (primary N) is 1. The number of aromatic nitrogens is 2. The number of hydrogen-bond acceptors (Lipinski definition) is 2. The van der Waals surface area contributed by atoms with Crippen LogP contribution in [0.25, 0.3) is 11.4 Å². The number of nitrogens with zero attached hydrogens (tertiary/aromatic N) is 2. The zero-order valence-electron chi connectivity index (χ0n) is 10.2. The Labute approximate surface area is 115 Å². The quantitative estimate of drug-likeness (QED) is 0.923. The number of hydrogen-bond donors (Lipinski definition) is 1. The van der Waals surface area contributed by atoms with Crippen molar-refractivity contribution in [1.82, 2.24) is 9.55 Å². The summed E-state index contributed by atoms with van der Waals surface area (Å²) in [6, 6.07) is 6.98. The first-order valence-corrected chi connectivity index (χ1v) is 5.32. The number of halogens is 3. The first-order chi connectivity index (χ1) is 8.41. The maximum atomic E-state index is 12.5. The number of benzene rings is 1. The molecule has 0 aliphatic rings. The van der Waals surface area contributed by atoms with Gasteiger partial charge in [-0.05, 0) is 5.56 Å². The van der Waals surface area contributed by atoms with Crippen LogP contribution >= 0.6 is 13.5 Å². The van der Waals surface area contributed by atoms with E-state index in [0.29, 0.717) is 12.1 Å². The van der Waals surface area contributed by atoms with Crippen LogP contribution in [0.3, 0.4) is 0 Å². The molecule has 104 valence electrons. The highest BCUT2D eigenvalue weighted by molar-refractivity contribution is 7.59. The van der Waals surface area contributed by atoms with Crippen LogP contribution in [0.1, 0.15) is 11.3 Å². The molecule has 7 heteroatoms. The van der Waals surface area contributed by atoms with Crippen molar-refractivity contribution in [3.8, 4) is 11.4 Å². The Morgan fingerprint density at radius 2 is 1.79 bits per heavy atom. The van der Waals surface area contributed by atoms with Gasteiger partial charge in [0.15, 0.2) is 5.69 Å². The lowest BCUT2D eigenvalue weighted by Gasteiger charge is -2.02. The van der Waals surface area contributed by atoms with E-state index in [1.165, 1.54) is 11.6 Å². The van der Waals surface area contributed by atoms with Crippen LogP contribution in [0.4, 0.5) is 13.2 Å². The van der Waals surface area contributed by atoms with Crippen LogP contribution in [-0.4, -0.2) is 9.55 Å². The molecule has 0 spiro atoms. The van der Waals surface area contributed by atoms with Crippen LogP contribution in [0.5, 0.6) is 0 Å². The third kappa shape index (κ3) is 3.30. The molecular formula is C12H14F3N3S. The highest BCUT2D eigenvalue weighted by Crippen LogP contribution is 2.30. The summed E-state index contributed by atoms with van der Waals surface area (Å²) in [5.41, 5.74) is 6.12. The first kappa shape index (κ1) is 15.6. The van der Waals surface area contributed by atoms with Gasteiger partial charge in [0.25, 0.3) is 0 Å². The predicted molar refractivity (Wildman–Crippen MR) is 71.9 cm³/mol. The highest BCUT2D eigenvalue weighted by atomic mass is 32.1. The minimum absolute atomic E-state index is 0. The number of rotatable bonds is 2. The Morgan fingerprint density at radius 3 is 2.21 bits per heavy atom. The largest absolute Gasteiger partial charge is 0.434 e. The van der Waals surface area contributed by atoms with E-state index >= 15 is 0 Å². The van der Waals surface area contributed by atoms with Crippen molar-refractivity contribution in [2.45, 2.75) is 12.7 Å². The summed E-state index contributed by atoms with van der Waals surface area (Å²) in [5, 5.41) is 0. The predicted octanol–water partition coefficient (Wildman–Crippen LogP) is 2.68. The van der Waals surface area contributed by atoms with Gasteiger partial charge >= 0.3 is 6.18 Å². The molecule has 0 saturated carbocycles. The maximum Gasteiger partial charge on any atom is 0.434 e. The van der Waals surface area contributed by atoms with E-state index in [9.17, 15) is 13.2 Å². The first-order valence-electron chi connectivity index (χ1n) is 5.32. The molecule has 1 heterocycles. The van der Waals surface area contributed by atoms with E-state index in [2.05, 4.69) is 4.98 Å². The maximum absolute atomic E-state index is 12.5. The lowest BCUT2D eigenvalue weighted by atomic mass is 10.1. The third-order valence-corrected chi connectivity index (χ3v) is 2.61. The summed E-state index contributed by atoms with van der Waals surface area (Å²) >= 11 is 0. The van der Waals surface area contributed by atoms with Gasteiger partial charge in [-0.25, -0.2) is 4.98 Å². The molecule has 2 N–H and O–H groups in total. The van der Waals surface area contributed by atoms with Crippen molar-refractivity contribution in [1.29, 1.82) is 0 Å². The molecule has 19 heavy (non-hydrogen) atoms. The SMILES string of the molecule is Cn1cc(C(F)(F)F)nc1-c1ccc(CN)cc1.S. The molecule has 2 aromatic rings. The second-order valence-corrected chi connectivity index (χ2v) is 3.96. The van der Waals surface area contributed by atoms with Crippen molar-refractivity contribution in [3.05, 3.63) is 41.7 Å². The fourth-order valence-corrected chi connectivity index (χ4v) is 1.66. The molecule has 0 saturated heterocycles. The van der Waals surface area contributed by atoms with Crippen molar-refractivity contribution in [3.63, 3.8) is 0 Å². The summed E-state index contributed by atoms with van der Waals surface area (Å²) in [6.45, 7) is 0.397. The second kappa shape index (κ2) is 5.66. The molecule has 1 aromatic carbocycles. The van der Waals surface area contributed by atoms with E-state index in [1.807, 2.05) is 0 Å². The Hall–Kier alpha value is -1.47. The smallest absolute Gasteiger partial charge is 0.333 e. The molecule has 0 radical (unpaired) electrons. The van der Waals surface area contributed by atoms with E-state index < -0.39 is 11.9 Å². The Balaban J connectivity index is 0.00000180. The van der Waals surface area contributed by atoms with Gasteiger partial charge in [-0.3, -0.25) is 0 Å². The average Bonchev–Trinajstić information content (AvgIpc) is 2.71. The molecule has 0 bridgehead atoms. The Morgan fingerprint density at radius 1 is 1.21 bits per heavy atom. The molecule has 0 unspecified atom stereocenters. The van der Waals surface area contributed by atoms with Crippen molar-refractivity contribution in [2.24, 2.45) is 12.8 Å². The van der Waals surface area contributed by atoms with Crippen LogP contribution in [0.15, 0.2) is 30.5 Å². The zero-order valence-corrected chi connectivity index (χ0v) is 11.2. The Kier molecular flexibility index (Phi) is 4.65. The molecule has 0 fully saturated rings. The van der Waals surface area contributed by atoms with Crippen molar-refractivity contribution >= 4 is 13.5 Å². The molecule has 0 aliphatic heterocycles. The second-order valence-electron chi connectivity index (χ2n) is 3.96. The zero-order chi connectivity index (χ0) is 13.3. The standard InChI is InChI=1S/C12H12F3N3.H2S/c1-18-7-10(12(13,14)15)17-11(18)9-4-2-8(6-16)3-5-9;/h2-5,7H,6,16H2,1H3;1H2. The van der Waals surface area contributed by atoms with Gasteiger partial charge in [-0.1, -0.05) is 24.3 Å². The molecule has 0 aliphatic carbocycles. The Bertz CT molecular complexity index is 546. The molecule has 0 amide bonds. The number of alkyl halides is 3. The number of aryl methyl sites for hydroxylation is 1. The van der Waals surface area contributed by atoms with Gasteiger partial charge in [-0.15, -0.1) is 0 Å². The summed E-state index contributed by atoms with van der Waals surface area (Å²) in [5.74, 6) is 0.283. The molecule has 1 aromatic heterocycles. The monoisotopic (exact) mass is 289 g/mol. The topological polar surface area (TPSA) is 43.8 Å². The van der Waals surface area contributed by atoms with E-state index in [0.717, 1.165) is 11.8 Å². The summed E-state index contributed by atoms with van der Waals surface area (Å²) in [4.78, 5) is 3.61. The normalized spacial score (nSPS) is 11.2. The molecule has 0 atom stereocenters. The van der Waals surface area contributed by atoms with Gasteiger partial charge in [0.2, 0.25) is 0 Å². The van der Waals surface area contributed by atoms with Gasteiger partial charge < -0.3 is 10.3 Å². The number of imidazole rings is 1. The lowest BCUT2D eigenvalue weighted by Crippen LogP contribution is -2.04. The highest BCUT2D eigenvalue weighted by Gasteiger charge is 2.34. The van der Waals surface area contributed by atoms with E-state index in [-0.39, 0.29) is 19.3 Å². The van der Waals surface area contributed by atoms with Gasteiger partial charge in [0, 0.05) is 25.4 Å². The minimum atomic E-state index is -4.42. The van der Waals surface area contributed by atoms with Crippen LogP contribution in [0, 0.1) is 0 Å². The molecular weight excluding hydrogens is 275 g/mol. The lowest BCUT2D eigenvalue weighted by molar-refractivity contribution is -0.140. The van der Waals surface area contributed by atoms with Crippen LogP contribution in [-0.2, 0) is 19.8 Å². The molecule has 3 nitrogen and oxygen atoms in total. The minimum Gasteiger partial charge on any atom is -0.333 e. The summed E-state index contributed by atoms with van der Waals surface area (Å²) in [7, 11) is 1.54. The summed E-state index contributed by atoms with van der Waals surface area (Å²) < 4.78 is 38.9. The third-order valence-electron chi connectivity index (χ3n) is 2.61. The fourth-order valence-electron chi connectivity index (χ4n) is 1.66. The molecule has 2 rings (SSSR count). The van der Waals surface area contributed by atoms with E-state index in [4.69, 9.17) is 5.73 Å². The average molecular weight is 289 g/mol. The van der Waals surface area contributed by atoms with Gasteiger partial charge in [-0.2, -0.15) is 26.7 Å². The van der Waals surface area contributed by atoms with Crippen molar-refractivity contribution < 1.29 is 13.2 Å². The van der Waals surface area contributed by atoms with Crippen LogP contribution in [0.2, 0.25) is 0 Å². The summed E-state index contributed by atoms with van der Waals surface area (Å²) in [6.07, 6.45) is -3.45. The van der Waals surface area contributed by atoms with Crippen molar-refractivity contribution in [2.75, 3.05) is 0 Å². The van der Waals surface area contributed by atoms with E-state index in [1.54, 1.807) is 24.3 Å². The van der Waals surface area contributed by atoms with Gasteiger partial charge in [0.05, 0.1) is 0 Å². The fraction of sp³-hybridized carbons (Fsp3) is 0.250. The van der Waals surface area contributed by atoms with Gasteiger partial charge in [0.1, 0.15) is 5.82 Å². The van der Waals surface area contributed by atoms with Crippen LogP contribution < -0.4 is 5.73 Å².